The van der Waals surface area contributed by atoms with Gasteiger partial charge < -0.3 is 20.1 Å². The highest BCUT2D eigenvalue weighted by atomic mass is 16.5. The first-order chi connectivity index (χ1) is 7.72. The second kappa shape index (κ2) is 5.12. The Morgan fingerprint density at radius 2 is 2.06 bits per heavy atom. The van der Waals surface area contributed by atoms with Crippen molar-refractivity contribution in [3.8, 4) is 0 Å². The second-order valence-corrected chi connectivity index (χ2v) is 4.57. The summed E-state index contributed by atoms with van der Waals surface area (Å²) in [6, 6.07) is -0.132. The zero-order valence-corrected chi connectivity index (χ0v) is 9.72. The van der Waals surface area contributed by atoms with Gasteiger partial charge in [0.25, 0.3) is 0 Å². The van der Waals surface area contributed by atoms with E-state index in [1.807, 2.05) is 4.90 Å². The number of carbonyl (C=O) groups is 1. The van der Waals surface area contributed by atoms with Crippen LogP contribution >= 0.6 is 0 Å². The van der Waals surface area contributed by atoms with Crippen LogP contribution in [0, 0.1) is 5.92 Å². The molecule has 0 aromatic carbocycles. The predicted molar refractivity (Wildman–Crippen MR) is 58.9 cm³/mol. The van der Waals surface area contributed by atoms with Gasteiger partial charge in [-0.25, -0.2) is 0 Å². The molecule has 0 saturated carbocycles. The Balaban J connectivity index is 1.86. The molecule has 0 bridgehead atoms. The summed E-state index contributed by atoms with van der Waals surface area (Å²) in [5.74, 6) is 0.0126. The first-order valence-corrected chi connectivity index (χ1v) is 5.87. The minimum absolute atomic E-state index is 0.132. The highest BCUT2D eigenvalue weighted by Crippen LogP contribution is 2.19. The SMILES string of the molecule is COC1CCN(C(=O)C2COCC2N)CC1. The lowest BCUT2D eigenvalue weighted by atomic mass is 10.0. The van der Waals surface area contributed by atoms with E-state index in [0.29, 0.717) is 19.3 Å². The predicted octanol–water partition coefficient (Wildman–Crippen LogP) is -0.402. The second-order valence-electron chi connectivity index (χ2n) is 4.57. The molecule has 2 unspecified atom stereocenters. The molecular weight excluding hydrogens is 208 g/mol. The molecule has 5 nitrogen and oxygen atoms in total. The van der Waals surface area contributed by atoms with Crippen molar-refractivity contribution in [1.29, 1.82) is 0 Å². The molecule has 2 N–H and O–H groups in total. The molecular formula is C11H20N2O3. The molecule has 2 fully saturated rings. The summed E-state index contributed by atoms with van der Waals surface area (Å²) in [7, 11) is 1.73. The van der Waals surface area contributed by atoms with Crippen LogP contribution in [0.4, 0.5) is 0 Å². The maximum Gasteiger partial charge on any atom is 0.229 e. The molecule has 1 amide bonds. The van der Waals surface area contributed by atoms with Crippen LogP contribution in [0.2, 0.25) is 0 Å². The van der Waals surface area contributed by atoms with E-state index >= 15 is 0 Å². The zero-order valence-electron chi connectivity index (χ0n) is 9.72. The van der Waals surface area contributed by atoms with Crippen molar-refractivity contribution < 1.29 is 14.3 Å². The summed E-state index contributed by atoms with van der Waals surface area (Å²) >= 11 is 0. The molecule has 0 aromatic heterocycles. The van der Waals surface area contributed by atoms with Gasteiger partial charge in [-0.2, -0.15) is 0 Å². The number of methoxy groups -OCH3 is 1. The third-order valence-electron chi connectivity index (χ3n) is 3.53. The van der Waals surface area contributed by atoms with Crippen molar-refractivity contribution in [3.63, 3.8) is 0 Å². The van der Waals surface area contributed by atoms with Gasteiger partial charge in [-0.1, -0.05) is 0 Å². The van der Waals surface area contributed by atoms with Crippen LogP contribution < -0.4 is 5.73 Å². The number of nitrogens with zero attached hydrogens (tertiary/aromatic N) is 1. The van der Waals surface area contributed by atoms with E-state index in [-0.39, 0.29) is 17.9 Å². The summed E-state index contributed by atoms with van der Waals surface area (Å²) in [5.41, 5.74) is 5.84. The Morgan fingerprint density at radius 3 is 2.56 bits per heavy atom. The van der Waals surface area contributed by atoms with E-state index in [1.54, 1.807) is 7.11 Å². The van der Waals surface area contributed by atoms with Crippen molar-refractivity contribution >= 4 is 5.91 Å². The Morgan fingerprint density at radius 1 is 1.38 bits per heavy atom. The molecule has 0 aromatic rings. The normalized spacial score (nSPS) is 32.0. The van der Waals surface area contributed by atoms with Crippen molar-refractivity contribution in [2.45, 2.75) is 25.0 Å². The number of nitrogens with two attached hydrogens (primary N) is 1. The number of rotatable bonds is 2. The van der Waals surface area contributed by atoms with Gasteiger partial charge in [0.2, 0.25) is 5.91 Å². The topological polar surface area (TPSA) is 64.8 Å². The average Bonchev–Trinajstić information content (AvgIpc) is 2.75. The lowest BCUT2D eigenvalue weighted by Crippen LogP contribution is -2.47. The molecule has 2 aliphatic heterocycles. The first kappa shape index (κ1) is 11.8. The fraction of sp³-hybridized carbons (Fsp3) is 0.909. The first-order valence-electron chi connectivity index (χ1n) is 5.87. The highest BCUT2D eigenvalue weighted by Gasteiger charge is 2.35. The molecule has 2 atom stereocenters. The maximum atomic E-state index is 12.1. The summed E-state index contributed by atoms with van der Waals surface area (Å²) in [4.78, 5) is 14.0. The van der Waals surface area contributed by atoms with E-state index < -0.39 is 0 Å². The minimum Gasteiger partial charge on any atom is -0.381 e. The summed E-state index contributed by atoms with van der Waals surface area (Å²) in [6.07, 6.45) is 2.15. The molecule has 16 heavy (non-hydrogen) atoms. The number of hydrogen-bond acceptors (Lipinski definition) is 4. The third-order valence-corrected chi connectivity index (χ3v) is 3.53. The Kier molecular flexibility index (Phi) is 3.78. The number of ether oxygens (including phenoxy) is 2. The number of likely N-dealkylation sites (tertiary alicyclic amines) is 1. The fourth-order valence-electron chi connectivity index (χ4n) is 2.37. The van der Waals surface area contributed by atoms with Crippen LogP contribution in [0.15, 0.2) is 0 Å². The van der Waals surface area contributed by atoms with Crippen LogP contribution in [0.5, 0.6) is 0 Å². The van der Waals surface area contributed by atoms with Crippen LogP contribution in [0.1, 0.15) is 12.8 Å². The van der Waals surface area contributed by atoms with Gasteiger partial charge in [0.05, 0.1) is 25.2 Å². The molecule has 2 saturated heterocycles. The van der Waals surface area contributed by atoms with Gasteiger partial charge in [0, 0.05) is 26.2 Å². The molecule has 2 aliphatic rings. The average molecular weight is 228 g/mol. The Bertz CT molecular complexity index is 252. The maximum absolute atomic E-state index is 12.1. The highest BCUT2D eigenvalue weighted by molar-refractivity contribution is 5.80. The standard InChI is InChI=1S/C11H20N2O3/c1-15-8-2-4-13(5-3-8)11(14)9-6-16-7-10(9)12/h8-10H,2-7,12H2,1H3. The van der Waals surface area contributed by atoms with Crippen molar-refractivity contribution in [3.05, 3.63) is 0 Å². The fourth-order valence-corrected chi connectivity index (χ4v) is 2.37. The molecule has 92 valence electrons. The Hall–Kier alpha value is -0.650. The summed E-state index contributed by atoms with van der Waals surface area (Å²) in [5, 5.41) is 0. The molecule has 2 rings (SSSR count). The molecule has 0 radical (unpaired) electrons. The summed E-state index contributed by atoms with van der Waals surface area (Å²) < 4.78 is 10.5. The minimum atomic E-state index is -0.140. The van der Waals surface area contributed by atoms with Crippen molar-refractivity contribution in [1.82, 2.24) is 4.90 Å². The van der Waals surface area contributed by atoms with Gasteiger partial charge in [-0.05, 0) is 12.8 Å². The zero-order chi connectivity index (χ0) is 11.5. The number of hydrogen-bond donors (Lipinski definition) is 1. The molecule has 2 heterocycles. The van der Waals surface area contributed by atoms with E-state index in [4.69, 9.17) is 15.2 Å². The quantitative estimate of drug-likeness (QED) is 0.698. The van der Waals surface area contributed by atoms with E-state index in [9.17, 15) is 4.79 Å². The number of piperidine rings is 1. The van der Waals surface area contributed by atoms with Crippen LogP contribution in [0.3, 0.4) is 0 Å². The third kappa shape index (κ3) is 2.36. The van der Waals surface area contributed by atoms with E-state index in [2.05, 4.69) is 0 Å². The summed E-state index contributed by atoms with van der Waals surface area (Å²) in [6.45, 7) is 2.54. The van der Waals surface area contributed by atoms with Gasteiger partial charge >= 0.3 is 0 Å². The molecule has 0 aliphatic carbocycles. The number of carbonyl (C=O) groups excluding carboxylic acids is 1. The van der Waals surface area contributed by atoms with Crippen molar-refractivity contribution in [2.75, 3.05) is 33.4 Å². The van der Waals surface area contributed by atoms with Crippen LogP contribution in [-0.4, -0.2) is 56.4 Å². The van der Waals surface area contributed by atoms with Gasteiger partial charge in [0.1, 0.15) is 0 Å². The van der Waals surface area contributed by atoms with Gasteiger partial charge in [-0.3, -0.25) is 4.79 Å². The monoisotopic (exact) mass is 228 g/mol. The van der Waals surface area contributed by atoms with Gasteiger partial charge in [-0.15, -0.1) is 0 Å². The van der Waals surface area contributed by atoms with Crippen molar-refractivity contribution in [2.24, 2.45) is 11.7 Å². The molecule has 0 spiro atoms. The van der Waals surface area contributed by atoms with Gasteiger partial charge in [0.15, 0.2) is 0 Å². The molecule has 5 heteroatoms. The van der Waals surface area contributed by atoms with Crippen LogP contribution in [0.25, 0.3) is 0 Å². The Labute approximate surface area is 95.9 Å². The lowest BCUT2D eigenvalue weighted by Gasteiger charge is -2.33. The van der Waals surface area contributed by atoms with Crippen LogP contribution in [-0.2, 0) is 14.3 Å². The van der Waals surface area contributed by atoms with E-state index in [1.165, 1.54) is 0 Å². The lowest BCUT2D eigenvalue weighted by molar-refractivity contribution is -0.138. The largest absolute Gasteiger partial charge is 0.381 e. The van der Waals surface area contributed by atoms with E-state index in [0.717, 1.165) is 25.9 Å². The number of amides is 1. The smallest absolute Gasteiger partial charge is 0.229 e.